The van der Waals surface area contributed by atoms with E-state index in [1.165, 1.54) is 7.11 Å². The summed E-state index contributed by atoms with van der Waals surface area (Å²) in [4.78, 5) is 3.36. The SMILES string of the molecule is COc1cc(CF)nc(OC(F)(F)F)c1CC#N. The summed E-state index contributed by atoms with van der Waals surface area (Å²) in [6.45, 7) is -1.07. The molecule has 1 heterocycles. The average Bonchev–Trinajstić information content (AvgIpc) is 2.29. The summed E-state index contributed by atoms with van der Waals surface area (Å²) in [5.41, 5.74) is -0.442. The smallest absolute Gasteiger partial charge is 0.496 e. The van der Waals surface area contributed by atoms with Gasteiger partial charge in [-0.3, -0.25) is 0 Å². The lowest BCUT2D eigenvalue weighted by Gasteiger charge is -2.14. The number of halogens is 4. The lowest BCUT2D eigenvalue weighted by atomic mass is 10.1. The van der Waals surface area contributed by atoms with E-state index in [9.17, 15) is 17.6 Å². The minimum atomic E-state index is -4.98. The molecule has 0 spiro atoms. The third kappa shape index (κ3) is 3.48. The van der Waals surface area contributed by atoms with E-state index in [-0.39, 0.29) is 17.0 Å². The molecule has 0 saturated carbocycles. The zero-order chi connectivity index (χ0) is 13.8. The molecule has 98 valence electrons. The monoisotopic (exact) mass is 264 g/mol. The van der Waals surface area contributed by atoms with Crippen LogP contribution in [0.2, 0.25) is 0 Å². The van der Waals surface area contributed by atoms with Gasteiger partial charge in [0, 0.05) is 6.07 Å². The van der Waals surface area contributed by atoms with Crippen molar-refractivity contribution in [3.8, 4) is 17.7 Å². The van der Waals surface area contributed by atoms with Gasteiger partial charge >= 0.3 is 6.36 Å². The number of nitriles is 1. The highest BCUT2D eigenvalue weighted by Crippen LogP contribution is 2.32. The maximum Gasteiger partial charge on any atom is 0.574 e. The minimum Gasteiger partial charge on any atom is -0.496 e. The molecule has 1 aromatic heterocycles. The molecule has 0 bridgehead atoms. The van der Waals surface area contributed by atoms with Crippen molar-refractivity contribution < 1.29 is 27.0 Å². The van der Waals surface area contributed by atoms with Crippen LogP contribution >= 0.6 is 0 Å². The van der Waals surface area contributed by atoms with Gasteiger partial charge in [-0.1, -0.05) is 0 Å². The van der Waals surface area contributed by atoms with Crippen LogP contribution in [-0.4, -0.2) is 18.5 Å². The maximum atomic E-state index is 12.5. The molecule has 18 heavy (non-hydrogen) atoms. The van der Waals surface area contributed by atoms with E-state index >= 15 is 0 Å². The molecule has 0 aromatic carbocycles. The highest BCUT2D eigenvalue weighted by Gasteiger charge is 2.34. The largest absolute Gasteiger partial charge is 0.574 e. The molecular weight excluding hydrogens is 256 g/mol. The summed E-state index contributed by atoms with van der Waals surface area (Å²) >= 11 is 0. The van der Waals surface area contributed by atoms with Crippen molar-refractivity contribution in [2.75, 3.05) is 7.11 Å². The molecule has 4 nitrogen and oxygen atoms in total. The molecule has 0 aliphatic heterocycles. The van der Waals surface area contributed by atoms with Crippen molar-refractivity contribution in [1.82, 2.24) is 4.98 Å². The summed E-state index contributed by atoms with van der Waals surface area (Å²) in [7, 11) is 1.19. The van der Waals surface area contributed by atoms with Crippen molar-refractivity contribution in [3.05, 3.63) is 17.3 Å². The third-order valence-electron chi connectivity index (χ3n) is 1.92. The Balaban J connectivity index is 3.30. The lowest BCUT2D eigenvalue weighted by molar-refractivity contribution is -0.276. The molecule has 0 atom stereocenters. The van der Waals surface area contributed by atoms with Gasteiger partial charge in [0.15, 0.2) is 0 Å². The first-order valence-electron chi connectivity index (χ1n) is 4.66. The third-order valence-corrected chi connectivity index (χ3v) is 1.92. The summed E-state index contributed by atoms with van der Waals surface area (Å²) < 4.78 is 57.4. The number of rotatable bonds is 4. The quantitative estimate of drug-likeness (QED) is 0.784. The van der Waals surface area contributed by atoms with Crippen molar-refractivity contribution in [3.63, 3.8) is 0 Å². The van der Waals surface area contributed by atoms with Crippen molar-refractivity contribution >= 4 is 0 Å². The normalized spacial score (nSPS) is 10.9. The van der Waals surface area contributed by atoms with E-state index in [1.54, 1.807) is 6.07 Å². The number of methoxy groups -OCH3 is 1. The standard InChI is InChI=1S/C10H8F4N2O2/c1-17-8-4-6(5-11)16-9(7(8)2-3-15)18-10(12,13)14/h4H,2,5H2,1H3. The second kappa shape index (κ2) is 5.53. The van der Waals surface area contributed by atoms with Crippen LogP contribution in [0.5, 0.6) is 11.6 Å². The van der Waals surface area contributed by atoms with Gasteiger partial charge in [0.1, 0.15) is 12.4 Å². The zero-order valence-electron chi connectivity index (χ0n) is 9.21. The van der Waals surface area contributed by atoms with Crippen LogP contribution in [0.3, 0.4) is 0 Å². The maximum absolute atomic E-state index is 12.5. The fourth-order valence-corrected chi connectivity index (χ4v) is 1.26. The van der Waals surface area contributed by atoms with Gasteiger partial charge in [0.2, 0.25) is 5.88 Å². The number of hydrogen-bond acceptors (Lipinski definition) is 4. The minimum absolute atomic E-state index is 0.0709. The topological polar surface area (TPSA) is 55.1 Å². The molecule has 0 saturated heterocycles. The highest BCUT2D eigenvalue weighted by atomic mass is 19.4. The van der Waals surface area contributed by atoms with E-state index in [2.05, 4.69) is 9.72 Å². The Kier molecular flexibility index (Phi) is 4.31. The van der Waals surface area contributed by atoms with Crippen LogP contribution in [0, 0.1) is 11.3 Å². The number of aromatic nitrogens is 1. The molecule has 0 fully saturated rings. The van der Waals surface area contributed by atoms with Gasteiger partial charge in [-0.25, -0.2) is 9.37 Å². The number of nitrogens with zero attached hydrogens (tertiary/aromatic N) is 2. The predicted octanol–water partition coefficient (Wildman–Crippen LogP) is 2.52. The molecule has 8 heteroatoms. The second-order valence-electron chi connectivity index (χ2n) is 3.12. The van der Waals surface area contributed by atoms with Crippen LogP contribution in [0.1, 0.15) is 11.3 Å². The van der Waals surface area contributed by atoms with Gasteiger partial charge in [0.25, 0.3) is 0 Å². The molecule has 0 aliphatic rings. The van der Waals surface area contributed by atoms with E-state index in [4.69, 9.17) is 10.00 Å². The molecule has 1 aromatic rings. The summed E-state index contributed by atoms with van der Waals surface area (Å²) in [6, 6.07) is 2.78. The lowest BCUT2D eigenvalue weighted by Crippen LogP contribution is -2.19. The Hall–Kier alpha value is -2.04. The van der Waals surface area contributed by atoms with Gasteiger partial charge in [-0.05, 0) is 0 Å². The molecule has 0 aliphatic carbocycles. The van der Waals surface area contributed by atoms with Crippen LogP contribution in [0.25, 0.3) is 0 Å². The number of pyridine rings is 1. The number of hydrogen-bond donors (Lipinski definition) is 0. The first-order valence-corrected chi connectivity index (χ1v) is 4.66. The fraction of sp³-hybridized carbons (Fsp3) is 0.400. The number of ether oxygens (including phenoxy) is 2. The molecule has 0 amide bonds. The highest BCUT2D eigenvalue weighted by molar-refractivity contribution is 5.43. The second-order valence-corrected chi connectivity index (χ2v) is 3.12. The molecule has 1 rings (SSSR count). The average molecular weight is 264 g/mol. The first kappa shape index (κ1) is 14.0. The summed E-state index contributed by atoms with van der Waals surface area (Å²) in [5, 5.41) is 8.54. The van der Waals surface area contributed by atoms with Crippen LogP contribution in [-0.2, 0) is 13.1 Å². The molecule has 0 radical (unpaired) electrons. The van der Waals surface area contributed by atoms with Gasteiger partial charge in [-0.2, -0.15) is 5.26 Å². The van der Waals surface area contributed by atoms with Crippen LogP contribution in [0.15, 0.2) is 6.07 Å². The van der Waals surface area contributed by atoms with E-state index in [0.717, 1.165) is 6.07 Å². The molecular formula is C10H8F4N2O2. The summed E-state index contributed by atoms with van der Waals surface area (Å²) in [5.74, 6) is -0.936. The van der Waals surface area contributed by atoms with Gasteiger partial charge in [-0.15, -0.1) is 13.2 Å². The predicted molar refractivity (Wildman–Crippen MR) is 51.6 cm³/mol. The Labute approximate surface area is 99.8 Å². The number of alkyl halides is 4. The van der Waals surface area contributed by atoms with E-state index in [1.807, 2.05) is 0 Å². The Morgan fingerprint density at radius 2 is 2.11 bits per heavy atom. The van der Waals surface area contributed by atoms with Crippen molar-refractivity contribution in [2.45, 2.75) is 19.5 Å². The first-order chi connectivity index (χ1) is 8.41. The zero-order valence-corrected chi connectivity index (χ0v) is 9.21. The van der Waals surface area contributed by atoms with Crippen LogP contribution in [0.4, 0.5) is 17.6 Å². The van der Waals surface area contributed by atoms with Crippen LogP contribution < -0.4 is 9.47 Å². The summed E-state index contributed by atoms with van der Waals surface area (Å²) in [6.07, 6.45) is -5.37. The molecule has 0 unspecified atom stereocenters. The Morgan fingerprint density at radius 3 is 2.56 bits per heavy atom. The fourth-order valence-electron chi connectivity index (χ4n) is 1.26. The molecule has 0 N–H and O–H groups in total. The van der Waals surface area contributed by atoms with E-state index in [0.29, 0.717) is 0 Å². The van der Waals surface area contributed by atoms with Gasteiger partial charge in [0.05, 0.1) is 30.9 Å². The Bertz CT molecular complexity index is 468. The van der Waals surface area contributed by atoms with Crippen molar-refractivity contribution in [2.24, 2.45) is 0 Å². The Morgan fingerprint density at radius 1 is 1.44 bits per heavy atom. The van der Waals surface area contributed by atoms with Gasteiger partial charge < -0.3 is 9.47 Å². The van der Waals surface area contributed by atoms with E-state index < -0.39 is 25.3 Å². The van der Waals surface area contributed by atoms with Crippen molar-refractivity contribution in [1.29, 1.82) is 5.26 Å².